The molecule has 0 aliphatic heterocycles. The van der Waals surface area contributed by atoms with Crippen LogP contribution >= 0.6 is 11.3 Å². The zero-order valence-electron chi connectivity index (χ0n) is 12.6. The van der Waals surface area contributed by atoms with Gasteiger partial charge in [0, 0.05) is 5.38 Å². The van der Waals surface area contributed by atoms with Gasteiger partial charge < -0.3 is 5.32 Å². The molecule has 1 aliphatic rings. The van der Waals surface area contributed by atoms with E-state index < -0.39 is 0 Å². The normalized spacial score (nSPS) is 25.4. The van der Waals surface area contributed by atoms with E-state index in [9.17, 15) is 0 Å². The highest BCUT2D eigenvalue weighted by molar-refractivity contribution is 7.09. The molecule has 2 nitrogen and oxygen atoms in total. The lowest BCUT2D eigenvalue weighted by molar-refractivity contribution is 0.207. The van der Waals surface area contributed by atoms with Gasteiger partial charge >= 0.3 is 0 Å². The molecule has 3 heteroatoms. The maximum Gasteiger partial charge on any atom is 0.0898 e. The summed E-state index contributed by atoms with van der Waals surface area (Å²) in [4.78, 5) is 4.75. The predicted molar refractivity (Wildman–Crippen MR) is 83.6 cm³/mol. The number of hydrogen-bond donors (Lipinski definition) is 1. The molecule has 2 rings (SSSR count). The number of rotatable bonds is 6. The van der Waals surface area contributed by atoms with Crippen molar-refractivity contribution < 1.29 is 0 Å². The van der Waals surface area contributed by atoms with Gasteiger partial charge in [0.2, 0.25) is 0 Å². The molecule has 3 unspecified atom stereocenters. The maximum absolute atomic E-state index is 4.75. The van der Waals surface area contributed by atoms with Gasteiger partial charge in [-0.25, -0.2) is 4.98 Å². The number of hydrogen-bond acceptors (Lipinski definition) is 3. The summed E-state index contributed by atoms with van der Waals surface area (Å²) in [6, 6.07) is 0.485. The Morgan fingerprint density at radius 3 is 2.89 bits per heavy atom. The van der Waals surface area contributed by atoms with Crippen LogP contribution in [-0.2, 0) is 0 Å². The number of thiazole rings is 1. The second-order valence-electron chi connectivity index (χ2n) is 5.92. The molecule has 0 bridgehead atoms. The third-order valence-electron chi connectivity index (χ3n) is 4.44. The van der Waals surface area contributed by atoms with Crippen molar-refractivity contribution in [1.29, 1.82) is 0 Å². The van der Waals surface area contributed by atoms with E-state index >= 15 is 0 Å². The lowest BCUT2D eigenvalue weighted by Gasteiger charge is -2.34. The first-order chi connectivity index (χ1) is 9.24. The minimum absolute atomic E-state index is 0.485. The van der Waals surface area contributed by atoms with E-state index in [-0.39, 0.29) is 0 Å². The third-order valence-corrected chi connectivity index (χ3v) is 5.23. The monoisotopic (exact) mass is 280 g/mol. The first kappa shape index (κ1) is 15.0. The van der Waals surface area contributed by atoms with Crippen LogP contribution in [0.25, 0.3) is 0 Å². The van der Waals surface area contributed by atoms with E-state index in [0.29, 0.717) is 6.04 Å². The van der Waals surface area contributed by atoms with Crippen molar-refractivity contribution in [1.82, 2.24) is 10.3 Å². The lowest BCUT2D eigenvalue weighted by atomic mass is 9.76. The lowest BCUT2D eigenvalue weighted by Crippen LogP contribution is -2.32. The fraction of sp³-hybridized carbons (Fsp3) is 0.812. The van der Waals surface area contributed by atoms with Crippen LogP contribution in [-0.4, -0.2) is 11.5 Å². The molecule has 1 saturated carbocycles. The van der Waals surface area contributed by atoms with E-state index in [4.69, 9.17) is 4.98 Å². The average molecular weight is 280 g/mol. The standard InChI is InChI=1S/C16H28N2S/c1-4-9-17-16(15-11-19-12(3)18-15)14-8-6-7-13(5-2)10-14/h11,13-14,16-17H,4-10H2,1-3H3. The van der Waals surface area contributed by atoms with Crippen LogP contribution in [0.15, 0.2) is 5.38 Å². The molecule has 1 heterocycles. The van der Waals surface area contributed by atoms with E-state index in [1.165, 1.54) is 49.2 Å². The molecule has 0 saturated heterocycles. The molecular weight excluding hydrogens is 252 g/mol. The molecule has 1 fully saturated rings. The van der Waals surface area contributed by atoms with Gasteiger partial charge in [0.1, 0.15) is 0 Å². The fourth-order valence-corrected chi connectivity index (χ4v) is 3.99. The van der Waals surface area contributed by atoms with Crippen LogP contribution in [0.2, 0.25) is 0 Å². The summed E-state index contributed by atoms with van der Waals surface area (Å²) in [6.07, 6.45) is 8.12. The first-order valence-corrected chi connectivity index (χ1v) is 8.78. The van der Waals surface area contributed by atoms with E-state index in [1.807, 2.05) is 0 Å². The van der Waals surface area contributed by atoms with Crippen molar-refractivity contribution in [2.75, 3.05) is 6.54 Å². The van der Waals surface area contributed by atoms with Crippen LogP contribution in [0.5, 0.6) is 0 Å². The van der Waals surface area contributed by atoms with Crippen molar-refractivity contribution in [2.24, 2.45) is 11.8 Å². The minimum atomic E-state index is 0.485. The van der Waals surface area contributed by atoms with E-state index in [0.717, 1.165) is 18.4 Å². The second kappa shape index (κ2) is 7.39. The average Bonchev–Trinajstić information content (AvgIpc) is 2.86. The van der Waals surface area contributed by atoms with Gasteiger partial charge in [-0.1, -0.05) is 33.1 Å². The molecule has 1 aromatic rings. The minimum Gasteiger partial charge on any atom is -0.308 e. The summed E-state index contributed by atoms with van der Waals surface area (Å²) in [7, 11) is 0. The summed E-state index contributed by atoms with van der Waals surface area (Å²) in [5.74, 6) is 1.72. The third kappa shape index (κ3) is 4.03. The van der Waals surface area contributed by atoms with Gasteiger partial charge in [-0.3, -0.25) is 0 Å². The van der Waals surface area contributed by atoms with Gasteiger partial charge in [0.15, 0.2) is 0 Å². The van der Waals surface area contributed by atoms with Gasteiger partial charge in [0.05, 0.1) is 16.7 Å². The first-order valence-electron chi connectivity index (χ1n) is 7.90. The van der Waals surface area contributed by atoms with Crippen LogP contribution < -0.4 is 5.32 Å². The maximum atomic E-state index is 4.75. The quantitative estimate of drug-likeness (QED) is 0.816. The molecule has 0 amide bonds. The second-order valence-corrected chi connectivity index (χ2v) is 6.99. The zero-order chi connectivity index (χ0) is 13.7. The summed E-state index contributed by atoms with van der Waals surface area (Å²) in [6.45, 7) is 7.80. The molecule has 3 atom stereocenters. The SMILES string of the molecule is CCCNC(c1csc(C)n1)C1CCCC(CC)C1. The van der Waals surface area contributed by atoms with Crippen LogP contribution in [0.1, 0.15) is 69.1 Å². The molecule has 108 valence electrons. The number of nitrogens with one attached hydrogen (secondary N) is 1. The Labute approximate surface area is 122 Å². The molecule has 19 heavy (non-hydrogen) atoms. The Kier molecular flexibility index (Phi) is 5.83. The molecule has 0 aromatic carbocycles. The highest BCUT2D eigenvalue weighted by Gasteiger charge is 2.29. The number of aromatic nitrogens is 1. The Morgan fingerprint density at radius 1 is 1.42 bits per heavy atom. The van der Waals surface area contributed by atoms with E-state index in [1.54, 1.807) is 11.3 Å². The Hall–Kier alpha value is -0.410. The zero-order valence-corrected chi connectivity index (χ0v) is 13.4. The molecule has 1 aromatic heterocycles. The highest BCUT2D eigenvalue weighted by Crippen LogP contribution is 2.38. The van der Waals surface area contributed by atoms with Crippen molar-refractivity contribution in [3.63, 3.8) is 0 Å². The van der Waals surface area contributed by atoms with Crippen molar-refractivity contribution in [2.45, 2.75) is 65.3 Å². The van der Waals surface area contributed by atoms with Crippen molar-refractivity contribution >= 4 is 11.3 Å². The Bertz CT molecular complexity index is 375. The van der Waals surface area contributed by atoms with E-state index in [2.05, 4.69) is 31.5 Å². The molecule has 0 radical (unpaired) electrons. The van der Waals surface area contributed by atoms with Crippen molar-refractivity contribution in [3.05, 3.63) is 16.1 Å². The van der Waals surface area contributed by atoms with Gasteiger partial charge in [-0.15, -0.1) is 11.3 Å². The molecular formula is C16H28N2S. The molecule has 1 N–H and O–H groups in total. The smallest absolute Gasteiger partial charge is 0.0898 e. The topological polar surface area (TPSA) is 24.9 Å². The largest absolute Gasteiger partial charge is 0.308 e. The molecule has 0 spiro atoms. The number of nitrogens with zero attached hydrogens (tertiary/aromatic N) is 1. The van der Waals surface area contributed by atoms with Gasteiger partial charge in [-0.2, -0.15) is 0 Å². The predicted octanol–water partition coefficient (Wildman–Crippen LogP) is 4.71. The number of aryl methyl sites for hydroxylation is 1. The van der Waals surface area contributed by atoms with Crippen LogP contribution in [0.3, 0.4) is 0 Å². The van der Waals surface area contributed by atoms with Gasteiger partial charge in [0.25, 0.3) is 0 Å². The summed E-state index contributed by atoms with van der Waals surface area (Å²) in [5.41, 5.74) is 1.29. The van der Waals surface area contributed by atoms with Crippen LogP contribution in [0.4, 0.5) is 0 Å². The summed E-state index contributed by atoms with van der Waals surface area (Å²) >= 11 is 1.79. The Balaban J connectivity index is 2.08. The highest BCUT2D eigenvalue weighted by atomic mass is 32.1. The van der Waals surface area contributed by atoms with Crippen LogP contribution in [0, 0.1) is 18.8 Å². The van der Waals surface area contributed by atoms with Gasteiger partial charge in [-0.05, 0) is 44.6 Å². The Morgan fingerprint density at radius 2 is 2.26 bits per heavy atom. The van der Waals surface area contributed by atoms with Crippen molar-refractivity contribution in [3.8, 4) is 0 Å². The summed E-state index contributed by atoms with van der Waals surface area (Å²) < 4.78 is 0. The fourth-order valence-electron chi connectivity index (χ4n) is 3.34. The molecule has 1 aliphatic carbocycles. The summed E-state index contributed by atoms with van der Waals surface area (Å²) in [5, 5.41) is 7.22.